The zero-order valence-electron chi connectivity index (χ0n) is 14.5. The van der Waals surface area contributed by atoms with Gasteiger partial charge in [0.2, 0.25) is 11.8 Å². The molecule has 2 N–H and O–H groups in total. The second kappa shape index (κ2) is 7.10. The molecule has 1 aromatic heterocycles. The summed E-state index contributed by atoms with van der Waals surface area (Å²) in [6.07, 6.45) is 4.40. The van der Waals surface area contributed by atoms with E-state index in [9.17, 15) is 9.59 Å². The summed E-state index contributed by atoms with van der Waals surface area (Å²) in [7, 11) is 0. The minimum Gasteiger partial charge on any atom is -0.347 e. The lowest BCUT2D eigenvalue weighted by atomic mass is 9.95. The van der Waals surface area contributed by atoms with Gasteiger partial charge in [-0.1, -0.05) is 27.2 Å². The number of hydrogen-bond donors (Lipinski definition) is 2. The fraction of sp³-hybridized carbons (Fsp3) is 0.750. The summed E-state index contributed by atoms with van der Waals surface area (Å²) in [6, 6.07) is -0.576. The van der Waals surface area contributed by atoms with Gasteiger partial charge in [0.25, 0.3) is 0 Å². The van der Waals surface area contributed by atoms with Crippen LogP contribution in [0, 0.1) is 5.41 Å². The number of carbonyl (C=O) groups is 2. The molecule has 1 unspecified atom stereocenters. The predicted molar refractivity (Wildman–Crippen MR) is 86.5 cm³/mol. The number of nitrogens with one attached hydrogen (secondary N) is 2. The van der Waals surface area contributed by atoms with E-state index in [1.165, 1.54) is 6.42 Å². The van der Waals surface area contributed by atoms with E-state index in [1.54, 1.807) is 6.92 Å². The minimum atomic E-state index is -0.576. The van der Waals surface area contributed by atoms with Crippen molar-refractivity contribution in [2.75, 3.05) is 0 Å². The molecule has 7 nitrogen and oxygen atoms in total. The lowest BCUT2D eigenvalue weighted by Gasteiger charge is -2.21. The van der Waals surface area contributed by atoms with E-state index >= 15 is 0 Å². The van der Waals surface area contributed by atoms with Crippen LogP contribution in [0.5, 0.6) is 0 Å². The lowest BCUT2D eigenvalue weighted by Crippen LogP contribution is -2.48. The van der Waals surface area contributed by atoms with Gasteiger partial charge in [0.05, 0.1) is 6.54 Å². The molecule has 1 aliphatic rings. The number of nitrogens with zero attached hydrogens (tertiary/aromatic N) is 3. The van der Waals surface area contributed by atoms with Crippen LogP contribution in [0.25, 0.3) is 0 Å². The highest BCUT2D eigenvalue weighted by Gasteiger charge is 2.25. The van der Waals surface area contributed by atoms with Crippen molar-refractivity contribution in [2.45, 2.75) is 72.5 Å². The normalized spacial score (nSPS) is 16.2. The molecule has 1 aliphatic heterocycles. The summed E-state index contributed by atoms with van der Waals surface area (Å²) in [5, 5.41) is 14.0. The van der Waals surface area contributed by atoms with Crippen LogP contribution in [-0.4, -0.2) is 32.6 Å². The highest BCUT2D eigenvalue weighted by molar-refractivity contribution is 5.89. The Kier molecular flexibility index (Phi) is 5.38. The van der Waals surface area contributed by atoms with Crippen LogP contribution in [0.15, 0.2) is 0 Å². The summed E-state index contributed by atoms with van der Waals surface area (Å²) in [6.45, 7) is 8.38. The Morgan fingerprint density at radius 3 is 2.65 bits per heavy atom. The van der Waals surface area contributed by atoms with Crippen molar-refractivity contribution in [3.05, 3.63) is 11.6 Å². The summed E-state index contributed by atoms with van der Waals surface area (Å²) >= 11 is 0. The Morgan fingerprint density at radius 2 is 1.96 bits per heavy atom. The number of rotatable bonds is 4. The first-order valence-corrected chi connectivity index (χ1v) is 8.28. The fourth-order valence-electron chi connectivity index (χ4n) is 2.47. The highest BCUT2D eigenvalue weighted by Crippen LogP contribution is 2.14. The van der Waals surface area contributed by atoms with E-state index in [4.69, 9.17) is 0 Å². The van der Waals surface area contributed by atoms with E-state index in [0.29, 0.717) is 6.54 Å². The maximum absolute atomic E-state index is 12.2. The maximum atomic E-state index is 12.2. The zero-order valence-corrected chi connectivity index (χ0v) is 14.5. The number of aromatic nitrogens is 3. The smallest absolute Gasteiger partial charge is 0.242 e. The molecule has 23 heavy (non-hydrogen) atoms. The first-order valence-electron chi connectivity index (χ1n) is 8.28. The van der Waals surface area contributed by atoms with Gasteiger partial charge in [-0.3, -0.25) is 9.59 Å². The zero-order chi connectivity index (χ0) is 17.0. The second-order valence-electron chi connectivity index (χ2n) is 7.16. The largest absolute Gasteiger partial charge is 0.347 e. The molecule has 1 atom stereocenters. The predicted octanol–water partition coefficient (Wildman–Crippen LogP) is 1.17. The molecule has 0 aromatic carbocycles. The van der Waals surface area contributed by atoms with Crippen molar-refractivity contribution in [1.29, 1.82) is 0 Å². The quantitative estimate of drug-likeness (QED) is 0.871. The molecule has 0 fully saturated rings. The summed E-state index contributed by atoms with van der Waals surface area (Å²) in [5.74, 6) is 1.43. The third-order valence-electron chi connectivity index (χ3n) is 4.03. The summed E-state index contributed by atoms with van der Waals surface area (Å²) < 4.78 is 2.10. The molecular formula is C16H27N5O2. The highest BCUT2D eigenvalue weighted by atomic mass is 16.2. The fourth-order valence-corrected chi connectivity index (χ4v) is 2.47. The lowest BCUT2D eigenvalue weighted by molar-refractivity contribution is -0.133. The molecule has 0 aliphatic carbocycles. The molecule has 0 bridgehead atoms. The Hall–Kier alpha value is -1.92. The van der Waals surface area contributed by atoms with Crippen LogP contribution >= 0.6 is 0 Å². The number of hydrogen-bond acceptors (Lipinski definition) is 4. The van der Waals surface area contributed by atoms with Gasteiger partial charge in [0, 0.05) is 18.4 Å². The number of carbonyl (C=O) groups excluding carboxylic acids is 2. The number of aryl methyl sites for hydroxylation is 1. The van der Waals surface area contributed by atoms with E-state index in [-0.39, 0.29) is 11.8 Å². The Balaban J connectivity index is 1.89. The van der Waals surface area contributed by atoms with Crippen LogP contribution in [0.4, 0.5) is 0 Å². The van der Waals surface area contributed by atoms with Crippen molar-refractivity contribution in [3.63, 3.8) is 0 Å². The van der Waals surface area contributed by atoms with Crippen molar-refractivity contribution >= 4 is 11.8 Å². The van der Waals surface area contributed by atoms with E-state index in [1.807, 2.05) is 20.8 Å². The SMILES string of the molecule is CC(NC(=O)C(C)(C)C)C(=O)NCc1nnc2n1CCCCC2. The van der Waals surface area contributed by atoms with Gasteiger partial charge in [-0.2, -0.15) is 0 Å². The molecule has 2 amide bonds. The number of amides is 2. The standard InChI is InChI=1S/C16H27N5O2/c1-11(18-15(23)16(2,3)4)14(22)17-10-13-20-19-12-8-6-5-7-9-21(12)13/h11H,5-10H2,1-4H3,(H,17,22)(H,18,23). The van der Waals surface area contributed by atoms with Crippen molar-refractivity contribution < 1.29 is 9.59 Å². The van der Waals surface area contributed by atoms with Crippen molar-refractivity contribution in [1.82, 2.24) is 25.4 Å². The summed E-state index contributed by atoms with van der Waals surface area (Å²) in [5.41, 5.74) is -0.515. The van der Waals surface area contributed by atoms with Gasteiger partial charge < -0.3 is 15.2 Å². The van der Waals surface area contributed by atoms with E-state index in [2.05, 4.69) is 25.4 Å². The molecular weight excluding hydrogens is 294 g/mol. The molecule has 0 spiro atoms. The monoisotopic (exact) mass is 321 g/mol. The molecule has 0 radical (unpaired) electrons. The molecule has 128 valence electrons. The average molecular weight is 321 g/mol. The van der Waals surface area contributed by atoms with Gasteiger partial charge in [0.1, 0.15) is 11.9 Å². The van der Waals surface area contributed by atoms with E-state index in [0.717, 1.165) is 37.5 Å². The third-order valence-corrected chi connectivity index (χ3v) is 4.03. The Bertz CT molecular complexity index is 574. The number of fused-ring (bicyclic) bond motifs is 1. The van der Waals surface area contributed by atoms with Crippen LogP contribution in [0.1, 0.15) is 58.6 Å². The van der Waals surface area contributed by atoms with E-state index < -0.39 is 11.5 Å². The minimum absolute atomic E-state index is 0.142. The van der Waals surface area contributed by atoms with Crippen molar-refractivity contribution in [2.24, 2.45) is 5.41 Å². The van der Waals surface area contributed by atoms with Gasteiger partial charge in [-0.15, -0.1) is 10.2 Å². The van der Waals surface area contributed by atoms with Crippen LogP contribution in [0.3, 0.4) is 0 Å². The van der Waals surface area contributed by atoms with Crippen molar-refractivity contribution in [3.8, 4) is 0 Å². The van der Waals surface area contributed by atoms with Gasteiger partial charge >= 0.3 is 0 Å². The van der Waals surface area contributed by atoms with Gasteiger partial charge in [0.15, 0.2) is 5.82 Å². The summed E-state index contributed by atoms with van der Waals surface area (Å²) in [4.78, 5) is 24.1. The molecule has 1 aromatic rings. The molecule has 0 saturated heterocycles. The van der Waals surface area contributed by atoms with Gasteiger partial charge in [-0.05, 0) is 19.8 Å². The molecule has 0 saturated carbocycles. The van der Waals surface area contributed by atoms with Crippen LogP contribution in [-0.2, 0) is 29.1 Å². The average Bonchev–Trinajstić information content (AvgIpc) is 2.70. The molecule has 7 heteroatoms. The topological polar surface area (TPSA) is 88.9 Å². The first-order chi connectivity index (χ1) is 10.8. The van der Waals surface area contributed by atoms with Crippen LogP contribution < -0.4 is 10.6 Å². The first kappa shape index (κ1) is 17.4. The second-order valence-corrected chi connectivity index (χ2v) is 7.16. The molecule has 2 rings (SSSR count). The maximum Gasteiger partial charge on any atom is 0.242 e. The molecule has 2 heterocycles. The van der Waals surface area contributed by atoms with Crippen LogP contribution in [0.2, 0.25) is 0 Å². The third kappa shape index (κ3) is 4.53. The van der Waals surface area contributed by atoms with Gasteiger partial charge in [-0.25, -0.2) is 0 Å². The Morgan fingerprint density at radius 1 is 1.22 bits per heavy atom. The Labute approximate surface area is 137 Å².